The Hall–Kier alpha value is -0.980. The lowest BCUT2D eigenvalue weighted by Gasteiger charge is -2.11. The zero-order chi connectivity index (χ0) is 12.4. The van der Waals surface area contributed by atoms with Gasteiger partial charge in [0.15, 0.2) is 5.82 Å². The van der Waals surface area contributed by atoms with Crippen molar-refractivity contribution >= 4 is 27.5 Å². The fourth-order valence-corrected chi connectivity index (χ4v) is 2.49. The molecule has 0 aliphatic carbocycles. The van der Waals surface area contributed by atoms with Crippen LogP contribution in [0.5, 0.6) is 0 Å². The van der Waals surface area contributed by atoms with E-state index in [9.17, 15) is 0 Å². The average molecular weight is 317 g/mol. The lowest BCUT2D eigenvalue weighted by Crippen LogP contribution is -2.15. The van der Waals surface area contributed by atoms with Crippen molar-refractivity contribution < 1.29 is 0 Å². The normalized spacial score (nSPS) is 12.7. The number of aromatic nitrogens is 4. The molecular weight excluding hydrogens is 306 g/mol. The predicted molar refractivity (Wildman–Crippen MR) is 68.6 cm³/mol. The Morgan fingerprint density at radius 2 is 2.29 bits per heavy atom. The summed E-state index contributed by atoms with van der Waals surface area (Å²) in [5.41, 5.74) is 7.07. The first kappa shape index (κ1) is 12.5. The van der Waals surface area contributed by atoms with E-state index >= 15 is 0 Å². The van der Waals surface area contributed by atoms with Gasteiger partial charge in [0.1, 0.15) is 0 Å². The first-order valence-electron chi connectivity index (χ1n) is 4.99. The second kappa shape index (κ2) is 5.12. The van der Waals surface area contributed by atoms with Gasteiger partial charge in [-0.1, -0.05) is 33.6 Å². The second-order valence-electron chi connectivity index (χ2n) is 3.67. The van der Waals surface area contributed by atoms with Crippen molar-refractivity contribution in [2.45, 2.75) is 12.5 Å². The van der Waals surface area contributed by atoms with Crippen LogP contribution in [-0.4, -0.2) is 20.2 Å². The molecule has 90 valence electrons. The second-order valence-corrected chi connectivity index (χ2v) is 4.96. The van der Waals surface area contributed by atoms with Gasteiger partial charge in [0.2, 0.25) is 0 Å². The van der Waals surface area contributed by atoms with Crippen molar-refractivity contribution in [3.05, 3.63) is 39.1 Å². The van der Waals surface area contributed by atoms with Gasteiger partial charge in [-0.15, -0.1) is 10.2 Å². The summed E-state index contributed by atoms with van der Waals surface area (Å²) >= 11 is 9.32. The maximum atomic E-state index is 6.10. The molecular formula is C10H11BrClN5. The van der Waals surface area contributed by atoms with E-state index in [0.29, 0.717) is 17.3 Å². The monoisotopic (exact) mass is 315 g/mol. The van der Waals surface area contributed by atoms with E-state index in [-0.39, 0.29) is 6.04 Å². The third-order valence-corrected chi connectivity index (χ3v) is 3.24. The van der Waals surface area contributed by atoms with Gasteiger partial charge in [-0.05, 0) is 22.9 Å². The summed E-state index contributed by atoms with van der Waals surface area (Å²) in [6.07, 6.45) is 0.536. The van der Waals surface area contributed by atoms with E-state index < -0.39 is 0 Å². The summed E-state index contributed by atoms with van der Waals surface area (Å²) in [7, 11) is 1.72. The SMILES string of the molecule is Cn1nnc(CC(N)c2ccc(Cl)cc2Br)n1. The topological polar surface area (TPSA) is 69.6 Å². The van der Waals surface area contributed by atoms with Gasteiger partial charge in [-0.2, -0.15) is 4.80 Å². The number of nitrogens with zero attached hydrogens (tertiary/aromatic N) is 4. The molecule has 7 heteroatoms. The Bertz CT molecular complexity index is 527. The summed E-state index contributed by atoms with van der Waals surface area (Å²) in [5, 5.41) is 12.4. The van der Waals surface area contributed by atoms with Crippen LogP contribution in [0, 0.1) is 0 Å². The largest absolute Gasteiger partial charge is 0.324 e. The molecule has 0 aliphatic heterocycles. The van der Waals surface area contributed by atoms with E-state index in [1.54, 1.807) is 7.05 Å². The summed E-state index contributed by atoms with van der Waals surface area (Å²) < 4.78 is 0.890. The number of rotatable bonds is 3. The smallest absolute Gasteiger partial charge is 0.176 e. The third kappa shape index (κ3) is 3.02. The van der Waals surface area contributed by atoms with Gasteiger partial charge in [-0.3, -0.25) is 0 Å². The maximum Gasteiger partial charge on any atom is 0.176 e. The molecule has 0 radical (unpaired) electrons. The number of nitrogens with two attached hydrogens (primary N) is 1. The van der Waals surface area contributed by atoms with Crippen LogP contribution in [0.25, 0.3) is 0 Å². The fourth-order valence-electron chi connectivity index (χ4n) is 1.51. The number of hydrogen-bond acceptors (Lipinski definition) is 4. The van der Waals surface area contributed by atoms with Crippen LogP contribution in [-0.2, 0) is 13.5 Å². The molecule has 0 amide bonds. The third-order valence-electron chi connectivity index (χ3n) is 2.31. The molecule has 2 rings (SSSR count). The molecule has 0 saturated carbocycles. The Morgan fingerprint density at radius 3 is 2.88 bits per heavy atom. The number of halogens is 2. The van der Waals surface area contributed by atoms with E-state index in [0.717, 1.165) is 10.0 Å². The molecule has 2 aromatic rings. The van der Waals surface area contributed by atoms with Gasteiger partial charge in [0.05, 0.1) is 7.05 Å². The molecule has 5 nitrogen and oxygen atoms in total. The summed E-state index contributed by atoms with van der Waals surface area (Å²) in [4.78, 5) is 1.42. The summed E-state index contributed by atoms with van der Waals surface area (Å²) in [5.74, 6) is 0.627. The van der Waals surface area contributed by atoms with Crippen LogP contribution in [0.15, 0.2) is 22.7 Å². The number of tetrazole rings is 1. The molecule has 0 bridgehead atoms. The fraction of sp³-hybridized carbons (Fsp3) is 0.300. The van der Waals surface area contributed by atoms with Gasteiger partial charge < -0.3 is 5.73 Å². The van der Waals surface area contributed by atoms with Gasteiger partial charge in [0, 0.05) is 22.0 Å². The Balaban J connectivity index is 2.17. The number of benzene rings is 1. The molecule has 2 N–H and O–H groups in total. The van der Waals surface area contributed by atoms with Crippen LogP contribution < -0.4 is 5.73 Å². The minimum Gasteiger partial charge on any atom is -0.324 e. The molecule has 1 aromatic heterocycles. The zero-order valence-corrected chi connectivity index (χ0v) is 11.5. The predicted octanol–water partition coefficient (Wildman–Crippen LogP) is 1.87. The van der Waals surface area contributed by atoms with E-state index in [4.69, 9.17) is 17.3 Å². The standard InChI is InChI=1S/C10H11BrClN5/c1-17-15-10(14-16-17)5-9(13)7-3-2-6(12)4-8(7)11/h2-4,9H,5,13H2,1H3. The van der Waals surface area contributed by atoms with Gasteiger partial charge >= 0.3 is 0 Å². The van der Waals surface area contributed by atoms with Gasteiger partial charge in [0.25, 0.3) is 0 Å². The minimum absolute atomic E-state index is 0.189. The van der Waals surface area contributed by atoms with Crippen LogP contribution in [0.3, 0.4) is 0 Å². The molecule has 17 heavy (non-hydrogen) atoms. The molecule has 1 unspecified atom stereocenters. The van der Waals surface area contributed by atoms with Crippen molar-refractivity contribution in [2.75, 3.05) is 0 Å². The zero-order valence-electron chi connectivity index (χ0n) is 9.14. The van der Waals surface area contributed by atoms with E-state index in [1.807, 2.05) is 18.2 Å². The Morgan fingerprint density at radius 1 is 1.53 bits per heavy atom. The molecule has 1 aromatic carbocycles. The molecule has 0 fully saturated rings. The van der Waals surface area contributed by atoms with Crippen LogP contribution >= 0.6 is 27.5 Å². The highest BCUT2D eigenvalue weighted by atomic mass is 79.9. The highest BCUT2D eigenvalue weighted by Gasteiger charge is 2.13. The number of hydrogen-bond donors (Lipinski definition) is 1. The van der Waals surface area contributed by atoms with Crippen LogP contribution in [0.2, 0.25) is 5.02 Å². The van der Waals surface area contributed by atoms with Gasteiger partial charge in [-0.25, -0.2) is 0 Å². The summed E-state index contributed by atoms with van der Waals surface area (Å²) in [6.45, 7) is 0. The number of aryl methyl sites for hydroxylation is 1. The minimum atomic E-state index is -0.189. The Labute approximate surface area is 112 Å². The molecule has 0 saturated heterocycles. The molecule has 1 heterocycles. The highest BCUT2D eigenvalue weighted by Crippen LogP contribution is 2.26. The highest BCUT2D eigenvalue weighted by molar-refractivity contribution is 9.10. The van der Waals surface area contributed by atoms with Crippen molar-refractivity contribution in [2.24, 2.45) is 12.8 Å². The van der Waals surface area contributed by atoms with Crippen LogP contribution in [0.4, 0.5) is 0 Å². The van der Waals surface area contributed by atoms with Crippen molar-refractivity contribution in [3.8, 4) is 0 Å². The average Bonchev–Trinajstić information content (AvgIpc) is 2.63. The van der Waals surface area contributed by atoms with E-state index in [1.165, 1.54) is 4.80 Å². The summed E-state index contributed by atoms with van der Waals surface area (Å²) in [6, 6.07) is 5.34. The van der Waals surface area contributed by atoms with Crippen molar-refractivity contribution in [1.29, 1.82) is 0 Å². The first-order chi connectivity index (χ1) is 8.06. The Kier molecular flexibility index (Phi) is 3.76. The maximum absolute atomic E-state index is 6.10. The molecule has 0 spiro atoms. The quantitative estimate of drug-likeness (QED) is 0.938. The van der Waals surface area contributed by atoms with E-state index in [2.05, 4.69) is 31.3 Å². The van der Waals surface area contributed by atoms with Crippen molar-refractivity contribution in [3.63, 3.8) is 0 Å². The first-order valence-corrected chi connectivity index (χ1v) is 6.17. The molecule has 0 aliphatic rings. The molecule has 1 atom stereocenters. The lowest BCUT2D eigenvalue weighted by molar-refractivity contribution is 0.622. The van der Waals surface area contributed by atoms with Crippen molar-refractivity contribution in [1.82, 2.24) is 20.2 Å². The lowest BCUT2D eigenvalue weighted by atomic mass is 10.0. The van der Waals surface area contributed by atoms with Crippen LogP contribution in [0.1, 0.15) is 17.4 Å².